The van der Waals surface area contributed by atoms with Gasteiger partial charge in [0, 0.05) is 22.6 Å². The van der Waals surface area contributed by atoms with Gasteiger partial charge in [0.1, 0.15) is 7.05 Å². The fraction of sp³-hybridized carbons (Fsp3) is 0.211. The molecule has 1 unspecified atom stereocenters. The fourth-order valence-electron chi connectivity index (χ4n) is 3.22. The van der Waals surface area contributed by atoms with E-state index in [1.54, 1.807) is 11.3 Å². The predicted molar refractivity (Wildman–Crippen MR) is 92.8 cm³/mol. The van der Waals surface area contributed by atoms with Crippen molar-refractivity contribution in [2.45, 2.75) is 18.8 Å². The molecule has 1 aromatic carbocycles. The predicted octanol–water partition coefficient (Wildman–Crippen LogP) is 5.02. The van der Waals surface area contributed by atoms with Gasteiger partial charge in [0.15, 0.2) is 5.71 Å². The highest BCUT2D eigenvalue weighted by Crippen LogP contribution is 2.42. The SMILES string of the molecule is C=CCC1(C)C(C=Cc2cccs2)=[N+](C)c2ccccc21. The van der Waals surface area contributed by atoms with Crippen molar-refractivity contribution >= 4 is 28.8 Å². The van der Waals surface area contributed by atoms with E-state index in [0.717, 1.165) is 6.42 Å². The van der Waals surface area contributed by atoms with Crippen LogP contribution in [0.1, 0.15) is 23.8 Å². The molecule has 2 heterocycles. The molecule has 3 rings (SSSR count). The van der Waals surface area contributed by atoms with Gasteiger partial charge in [-0.15, -0.1) is 17.9 Å². The highest BCUT2D eigenvalue weighted by atomic mass is 32.1. The number of hydrogen-bond donors (Lipinski definition) is 0. The number of benzene rings is 1. The molecule has 2 heteroatoms. The number of rotatable bonds is 4. The van der Waals surface area contributed by atoms with Crippen molar-refractivity contribution in [2.24, 2.45) is 0 Å². The lowest BCUT2D eigenvalue weighted by Gasteiger charge is -2.20. The summed E-state index contributed by atoms with van der Waals surface area (Å²) in [5.41, 5.74) is 4.02. The molecule has 0 saturated heterocycles. The normalized spacial score (nSPS) is 21.0. The quantitative estimate of drug-likeness (QED) is 0.550. The summed E-state index contributed by atoms with van der Waals surface area (Å²) in [5, 5.41) is 2.11. The molecule has 2 aromatic rings. The van der Waals surface area contributed by atoms with Crippen LogP contribution >= 0.6 is 11.3 Å². The highest BCUT2D eigenvalue weighted by Gasteiger charge is 2.45. The molecule has 0 radical (unpaired) electrons. The zero-order valence-electron chi connectivity index (χ0n) is 12.5. The van der Waals surface area contributed by atoms with Crippen LogP contribution < -0.4 is 0 Å². The van der Waals surface area contributed by atoms with Crippen molar-refractivity contribution in [2.75, 3.05) is 7.05 Å². The number of fused-ring (bicyclic) bond motifs is 1. The second kappa shape index (κ2) is 5.45. The number of para-hydroxylation sites is 1. The Hall–Kier alpha value is -1.93. The van der Waals surface area contributed by atoms with Gasteiger partial charge in [-0.1, -0.05) is 30.3 Å². The maximum atomic E-state index is 3.96. The van der Waals surface area contributed by atoms with Crippen molar-refractivity contribution < 1.29 is 4.58 Å². The van der Waals surface area contributed by atoms with Gasteiger partial charge in [0.2, 0.25) is 5.69 Å². The summed E-state index contributed by atoms with van der Waals surface area (Å²) in [4.78, 5) is 1.29. The largest absolute Gasteiger partial charge is 0.209 e. The van der Waals surface area contributed by atoms with Gasteiger partial charge >= 0.3 is 0 Å². The Morgan fingerprint density at radius 3 is 2.71 bits per heavy atom. The van der Waals surface area contributed by atoms with Crippen LogP contribution in [0.15, 0.2) is 60.5 Å². The van der Waals surface area contributed by atoms with Crippen molar-refractivity contribution in [3.8, 4) is 0 Å². The summed E-state index contributed by atoms with van der Waals surface area (Å²) < 4.78 is 2.31. The molecule has 1 aliphatic heterocycles. The average Bonchev–Trinajstić information content (AvgIpc) is 3.06. The molecule has 0 bridgehead atoms. The first kappa shape index (κ1) is 14.0. The minimum atomic E-state index is 0.000846. The molecule has 21 heavy (non-hydrogen) atoms. The minimum Gasteiger partial charge on any atom is -0.198 e. The van der Waals surface area contributed by atoms with E-state index in [-0.39, 0.29) is 5.41 Å². The van der Waals surface area contributed by atoms with Crippen LogP contribution in [0.3, 0.4) is 0 Å². The van der Waals surface area contributed by atoms with Crippen LogP contribution in [0.5, 0.6) is 0 Å². The molecule has 1 atom stereocenters. The summed E-state index contributed by atoms with van der Waals surface area (Å²) in [6, 6.07) is 12.9. The lowest BCUT2D eigenvalue weighted by Crippen LogP contribution is -2.29. The van der Waals surface area contributed by atoms with Gasteiger partial charge in [0.05, 0.1) is 5.41 Å². The zero-order chi connectivity index (χ0) is 14.9. The van der Waals surface area contributed by atoms with E-state index < -0.39 is 0 Å². The highest BCUT2D eigenvalue weighted by molar-refractivity contribution is 7.10. The first-order valence-electron chi connectivity index (χ1n) is 7.20. The molecule has 1 aromatic heterocycles. The smallest absolute Gasteiger partial charge is 0.198 e. The third kappa shape index (κ3) is 2.30. The Bertz CT molecular complexity index is 722. The maximum Gasteiger partial charge on any atom is 0.209 e. The molecule has 106 valence electrons. The third-order valence-corrected chi connectivity index (χ3v) is 5.13. The lowest BCUT2D eigenvalue weighted by atomic mass is 9.76. The molecule has 0 saturated carbocycles. The van der Waals surface area contributed by atoms with Crippen LogP contribution in [-0.2, 0) is 5.41 Å². The molecular formula is C19H20NS+. The monoisotopic (exact) mass is 294 g/mol. The molecule has 0 N–H and O–H groups in total. The van der Waals surface area contributed by atoms with Gasteiger partial charge < -0.3 is 0 Å². The maximum absolute atomic E-state index is 3.96. The fourth-order valence-corrected chi connectivity index (χ4v) is 3.83. The second-order valence-electron chi connectivity index (χ2n) is 5.64. The topological polar surface area (TPSA) is 3.01 Å². The average molecular weight is 294 g/mol. The second-order valence-corrected chi connectivity index (χ2v) is 6.61. The van der Waals surface area contributed by atoms with E-state index in [1.807, 2.05) is 6.08 Å². The van der Waals surface area contributed by atoms with Gasteiger partial charge in [-0.05, 0) is 30.9 Å². The number of allylic oxidation sites excluding steroid dienone is 2. The van der Waals surface area contributed by atoms with Gasteiger partial charge in [-0.25, -0.2) is 0 Å². The van der Waals surface area contributed by atoms with E-state index >= 15 is 0 Å². The molecular weight excluding hydrogens is 274 g/mol. The van der Waals surface area contributed by atoms with Crippen LogP contribution in [0, 0.1) is 0 Å². The summed E-state index contributed by atoms with van der Waals surface area (Å²) >= 11 is 1.77. The summed E-state index contributed by atoms with van der Waals surface area (Å²) in [6.07, 6.45) is 7.44. The number of hydrogen-bond acceptors (Lipinski definition) is 1. The number of nitrogens with zero attached hydrogens (tertiary/aromatic N) is 1. The number of thiophene rings is 1. The molecule has 1 aliphatic rings. The summed E-state index contributed by atoms with van der Waals surface area (Å²) in [5.74, 6) is 0. The van der Waals surface area contributed by atoms with E-state index in [0.29, 0.717) is 0 Å². The first-order chi connectivity index (χ1) is 10.2. The van der Waals surface area contributed by atoms with Crippen molar-refractivity contribution in [3.05, 3.63) is 70.9 Å². The summed E-state index contributed by atoms with van der Waals surface area (Å²) in [7, 11) is 2.15. The van der Waals surface area contributed by atoms with E-state index in [9.17, 15) is 0 Å². The molecule has 0 spiro atoms. The Kier molecular flexibility index (Phi) is 3.64. The Balaban J connectivity index is 2.09. The standard InChI is InChI=1S/C19H20NS/c1-4-13-19(2)16-9-5-6-10-17(16)20(3)18(19)12-11-15-8-7-14-21-15/h4-12,14H,1,13H2,2-3H3/q+1. The van der Waals surface area contributed by atoms with Crippen molar-refractivity contribution in [1.82, 2.24) is 0 Å². The molecule has 0 amide bonds. The van der Waals surface area contributed by atoms with Crippen molar-refractivity contribution in [3.63, 3.8) is 0 Å². The summed E-state index contributed by atoms with van der Waals surface area (Å²) in [6.45, 7) is 6.27. The van der Waals surface area contributed by atoms with Crippen LogP contribution in [-0.4, -0.2) is 17.3 Å². The van der Waals surface area contributed by atoms with E-state index in [4.69, 9.17) is 0 Å². The van der Waals surface area contributed by atoms with Crippen LogP contribution in [0.2, 0.25) is 0 Å². The molecule has 0 fully saturated rings. The lowest BCUT2D eigenvalue weighted by molar-refractivity contribution is -0.401. The van der Waals surface area contributed by atoms with Gasteiger partial charge in [-0.3, -0.25) is 0 Å². The van der Waals surface area contributed by atoms with Crippen LogP contribution in [0.25, 0.3) is 6.08 Å². The first-order valence-corrected chi connectivity index (χ1v) is 8.08. The van der Waals surface area contributed by atoms with Crippen LogP contribution in [0.4, 0.5) is 5.69 Å². The van der Waals surface area contributed by atoms with E-state index in [2.05, 4.69) is 79.1 Å². The molecule has 0 aliphatic carbocycles. The van der Waals surface area contributed by atoms with Gasteiger partial charge in [-0.2, -0.15) is 4.58 Å². The van der Waals surface area contributed by atoms with Gasteiger partial charge in [0.25, 0.3) is 0 Å². The van der Waals surface area contributed by atoms with Crippen molar-refractivity contribution in [1.29, 1.82) is 0 Å². The Morgan fingerprint density at radius 1 is 1.19 bits per heavy atom. The minimum absolute atomic E-state index is 0.000846. The molecule has 1 nitrogen and oxygen atoms in total. The Labute approximate surface area is 130 Å². The Morgan fingerprint density at radius 2 is 2.00 bits per heavy atom. The third-order valence-electron chi connectivity index (χ3n) is 4.29. The van der Waals surface area contributed by atoms with E-state index in [1.165, 1.54) is 21.8 Å². The zero-order valence-corrected chi connectivity index (χ0v) is 13.4.